The Morgan fingerprint density at radius 2 is 1.81 bits per heavy atom. The van der Waals surface area contributed by atoms with Crippen LogP contribution in [0.4, 0.5) is 13.2 Å². The van der Waals surface area contributed by atoms with Crippen LogP contribution in [-0.4, -0.2) is 0 Å². The molecule has 3 heteroatoms. The summed E-state index contributed by atoms with van der Waals surface area (Å²) in [7, 11) is 0. The van der Waals surface area contributed by atoms with Gasteiger partial charge in [0.15, 0.2) is 0 Å². The van der Waals surface area contributed by atoms with Gasteiger partial charge in [-0.3, -0.25) is 0 Å². The molecule has 0 aliphatic rings. The number of halogens is 3. The first-order valence-electron chi connectivity index (χ1n) is 4.77. The second-order valence-corrected chi connectivity index (χ2v) is 3.20. The predicted octanol–water partition coefficient (Wildman–Crippen LogP) is 3.83. The van der Waals surface area contributed by atoms with Gasteiger partial charge in [0.25, 0.3) is 0 Å². The van der Waals surface area contributed by atoms with Gasteiger partial charge < -0.3 is 0 Å². The van der Waals surface area contributed by atoms with Gasteiger partial charge >= 0.3 is 6.18 Å². The summed E-state index contributed by atoms with van der Waals surface area (Å²) in [4.78, 5) is 0. The Balaban J connectivity index is 2.68. The summed E-state index contributed by atoms with van der Waals surface area (Å²) in [6.45, 7) is 1.72. The number of allylic oxidation sites excluding steroid dienone is 2. The topological polar surface area (TPSA) is 0 Å². The number of alkyl halides is 3. The molecule has 0 radical (unpaired) electrons. The van der Waals surface area contributed by atoms with Crippen LogP contribution in [0.1, 0.15) is 18.1 Å². The molecule has 0 aromatic heterocycles. The fourth-order valence-electron chi connectivity index (χ4n) is 1.17. The van der Waals surface area contributed by atoms with Crippen LogP contribution in [0.5, 0.6) is 0 Å². The molecule has 0 nitrogen and oxygen atoms in total. The Kier molecular flexibility index (Phi) is 4.19. The van der Waals surface area contributed by atoms with Gasteiger partial charge in [0.2, 0.25) is 0 Å². The van der Waals surface area contributed by atoms with E-state index in [0.717, 1.165) is 17.7 Å². The van der Waals surface area contributed by atoms with E-state index in [2.05, 4.69) is 11.8 Å². The minimum Gasteiger partial charge on any atom is -0.166 e. The third-order valence-corrected chi connectivity index (χ3v) is 1.98. The summed E-state index contributed by atoms with van der Waals surface area (Å²) in [5, 5.41) is 0. The van der Waals surface area contributed by atoms with E-state index >= 15 is 0 Å². The first-order valence-corrected chi connectivity index (χ1v) is 4.77. The molecule has 0 N–H and O–H groups in total. The fourth-order valence-corrected chi connectivity index (χ4v) is 1.17. The van der Waals surface area contributed by atoms with Crippen LogP contribution in [0, 0.1) is 11.8 Å². The van der Waals surface area contributed by atoms with E-state index in [0.29, 0.717) is 6.42 Å². The van der Waals surface area contributed by atoms with Gasteiger partial charge in [0.1, 0.15) is 0 Å². The van der Waals surface area contributed by atoms with Crippen molar-refractivity contribution in [3.8, 4) is 11.8 Å². The molecule has 1 rings (SSSR count). The highest BCUT2D eigenvalue weighted by Crippen LogP contribution is 2.29. The summed E-state index contributed by atoms with van der Waals surface area (Å²) < 4.78 is 36.7. The smallest absolute Gasteiger partial charge is 0.166 e. The van der Waals surface area contributed by atoms with E-state index < -0.39 is 11.7 Å². The van der Waals surface area contributed by atoms with Gasteiger partial charge in [-0.15, -0.1) is 5.92 Å². The summed E-state index contributed by atoms with van der Waals surface area (Å²) >= 11 is 0. The maximum absolute atomic E-state index is 12.2. The normalized spacial score (nSPS) is 11.2. The standard InChI is InChI=1S/C13H11F3/c1-2-3-4-5-6-11-7-9-12(10-8-11)13(14,15)16/h4-5,7-10H,6H2,1H3/b5-4-. The van der Waals surface area contributed by atoms with Crippen LogP contribution < -0.4 is 0 Å². The maximum atomic E-state index is 12.2. The lowest BCUT2D eigenvalue weighted by Crippen LogP contribution is -2.04. The summed E-state index contributed by atoms with van der Waals surface area (Å²) in [5.74, 6) is 5.44. The molecule has 1 aromatic rings. The fraction of sp³-hybridized carbons (Fsp3) is 0.231. The number of rotatable bonds is 2. The van der Waals surface area contributed by atoms with E-state index in [4.69, 9.17) is 0 Å². The molecule has 16 heavy (non-hydrogen) atoms. The van der Waals surface area contributed by atoms with Gasteiger partial charge in [-0.1, -0.05) is 24.1 Å². The Labute approximate surface area is 92.8 Å². The summed E-state index contributed by atoms with van der Waals surface area (Å²) in [5.41, 5.74) is 0.218. The van der Waals surface area contributed by atoms with E-state index in [9.17, 15) is 13.2 Å². The Bertz CT molecular complexity index is 413. The van der Waals surface area contributed by atoms with Crippen LogP contribution in [0.2, 0.25) is 0 Å². The van der Waals surface area contributed by atoms with E-state index in [1.807, 2.05) is 6.08 Å². The molecule has 0 saturated carbocycles. The lowest BCUT2D eigenvalue weighted by Gasteiger charge is -2.06. The molecule has 0 fully saturated rings. The lowest BCUT2D eigenvalue weighted by atomic mass is 10.1. The molecule has 84 valence electrons. The quantitative estimate of drug-likeness (QED) is 0.670. The van der Waals surface area contributed by atoms with E-state index in [1.165, 1.54) is 12.1 Å². The SMILES string of the molecule is CC#C/C=C\Cc1ccc(C(F)(F)F)cc1. The van der Waals surface area contributed by atoms with Gasteiger partial charge in [-0.05, 0) is 37.1 Å². The summed E-state index contributed by atoms with van der Waals surface area (Å²) in [6, 6.07) is 5.14. The first-order chi connectivity index (χ1) is 7.54. The molecule has 1 aromatic carbocycles. The van der Waals surface area contributed by atoms with Crippen LogP contribution in [0.3, 0.4) is 0 Å². The first kappa shape index (κ1) is 12.4. The molecule has 0 atom stereocenters. The molecular weight excluding hydrogens is 213 g/mol. The highest BCUT2D eigenvalue weighted by atomic mass is 19.4. The van der Waals surface area contributed by atoms with E-state index in [-0.39, 0.29) is 0 Å². The molecule has 0 unspecified atom stereocenters. The summed E-state index contributed by atoms with van der Waals surface area (Å²) in [6.07, 6.45) is -0.161. The lowest BCUT2D eigenvalue weighted by molar-refractivity contribution is -0.137. The average Bonchev–Trinajstić information content (AvgIpc) is 2.24. The van der Waals surface area contributed by atoms with Crippen molar-refractivity contribution >= 4 is 0 Å². The number of hydrogen-bond acceptors (Lipinski definition) is 0. The molecule has 0 aliphatic heterocycles. The third-order valence-electron chi connectivity index (χ3n) is 1.98. The second-order valence-electron chi connectivity index (χ2n) is 3.20. The zero-order valence-corrected chi connectivity index (χ0v) is 8.81. The maximum Gasteiger partial charge on any atom is 0.416 e. The Hall–Kier alpha value is -1.69. The van der Waals surface area contributed by atoms with Crippen LogP contribution in [0.15, 0.2) is 36.4 Å². The molecule has 0 amide bonds. The van der Waals surface area contributed by atoms with Crippen LogP contribution in [-0.2, 0) is 12.6 Å². The van der Waals surface area contributed by atoms with Crippen molar-refractivity contribution in [3.05, 3.63) is 47.5 Å². The molecule has 0 heterocycles. The monoisotopic (exact) mass is 224 g/mol. The van der Waals surface area contributed by atoms with Crippen molar-refractivity contribution in [3.63, 3.8) is 0 Å². The van der Waals surface area contributed by atoms with Crippen molar-refractivity contribution < 1.29 is 13.2 Å². The van der Waals surface area contributed by atoms with Crippen LogP contribution in [0.25, 0.3) is 0 Å². The zero-order chi connectivity index (χ0) is 12.0. The van der Waals surface area contributed by atoms with E-state index in [1.54, 1.807) is 13.0 Å². The largest absolute Gasteiger partial charge is 0.416 e. The molecule has 0 saturated heterocycles. The number of hydrogen-bond donors (Lipinski definition) is 0. The van der Waals surface area contributed by atoms with Gasteiger partial charge in [-0.2, -0.15) is 13.2 Å². The van der Waals surface area contributed by atoms with Crippen molar-refractivity contribution in [2.45, 2.75) is 19.5 Å². The van der Waals surface area contributed by atoms with Gasteiger partial charge in [0.05, 0.1) is 5.56 Å². The third kappa shape index (κ3) is 3.82. The highest BCUT2D eigenvalue weighted by molar-refractivity contribution is 5.27. The molecular formula is C13H11F3. The average molecular weight is 224 g/mol. The highest BCUT2D eigenvalue weighted by Gasteiger charge is 2.29. The molecule has 0 aliphatic carbocycles. The van der Waals surface area contributed by atoms with Crippen molar-refractivity contribution in [2.24, 2.45) is 0 Å². The van der Waals surface area contributed by atoms with Crippen molar-refractivity contribution in [1.82, 2.24) is 0 Å². The van der Waals surface area contributed by atoms with Crippen LogP contribution >= 0.6 is 0 Å². The minimum atomic E-state index is -4.26. The molecule has 0 bridgehead atoms. The molecule has 0 spiro atoms. The van der Waals surface area contributed by atoms with Gasteiger partial charge in [0, 0.05) is 0 Å². The minimum absolute atomic E-state index is 0.590. The second kappa shape index (κ2) is 5.41. The Morgan fingerprint density at radius 1 is 1.19 bits per heavy atom. The van der Waals surface area contributed by atoms with Crippen molar-refractivity contribution in [2.75, 3.05) is 0 Å². The van der Waals surface area contributed by atoms with Gasteiger partial charge in [-0.25, -0.2) is 0 Å². The zero-order valence-electron chi connectivity index (χ0n) is 8.81. The Morgan fingerprint density at radius 3 is 2.31 bits per heavy atom. The predicted molar refractivity (Wildman–Crippen MR) is 57.7 cm³/mol. The van der Waals surface area contributed by atoms with Crippen molar-refractivity contribution in [1.29, 1.82) is 0 Å². The number of benzene rings is 1.